The average Bonchev–Trinajstić information content (AvgIpc) is 2.74. The Morgan fingerprint density at radius 2 is 1.97 bits per heavy atom. The Morgan fingerprint density at radius 1 is 1.14 bits per heavy atom. The number of anilines is 1. The van der Waals surface area contributed by atoms with E-state index in [1.54, 1.807) is 18.3 Å². The second-order valence-corrected chi connectivity index (χ2v) is 6.80. The van der Waals surface area contributed by atoms with E-state index < -0.39 is 11.7 Å². The van der Waals surface area contributed by atoms with Crippen LogP contribution in [-0.2, 0) is 4.84 Å². The van der Waals surface area contributed by atoms with Crippen molar-refractivity contribution in [2.24, 2.45) is 0 Å². The number of hydrogen-bond acceptors (Lipinski definition) is 6. The lowest BCUT2D eigenvalue weighted by Crippen LogP contribution is -2.36. The lowest BCUT2D eigenvalue weighted by molar-refractivity contribution is -0.144. The molecule has 1 aliphatic rings. The van der Waals surface area contributed by atoms with Crippen molar-refractivity contribution >= 4 is 11.7 Å². The van der Waals surface area contributed by atoms with E-state index in [1.165, 1.54) is 23.5 Å². The standard InChI is InChI=1S/C21H20FN5O2/c1-13-19(15-5-7-18(23)24-11-15)20(26-12-25-13)14-4-6-16(17(22)10-14)21(28)27-8-2-3-9-29-27/h4-7,10-12H,2-3,8-9H2,1H3,(H2,23,24). The van der Waals surface area contributed by atoms with Gasteiger partial charge in [0, 0.05) is 35.1 Å². The lowest BCUT2D eigenvalue weighted by atomic mass is 9.98. The van der Waals surface area contributed by atoms with Crippen molar-refractivity contribution in [3.63, 3.8) is 0 Å². The Labute approximate surface area is 167 Å². The van der Waals surface area contributed by atoms with Crippen molar-refractivity contribution < 1.29 is 14.0 Å². The Balaban J connectivity index is 1.73. The smallest absolute Gasteiger partial charge is 0.280 e. The number of carbonyl (C=O) groups excluding carboxylic acids is 1. The number of rotatable bonds is 3. The van der Waals surface area contributed by atoms with Gasteiger partial charge >= 0.3 is 0 Å². The predicted octanol–water partition coefficient (Wildman–Crippen LogP) is 3.40. The van der Waals surface area contributed by atoms with Gasteiger partial charge in [0.2, 0.25) is 0 Å². The highest BCUT2D eigenvalue weighted by atomic mass is 19.1. The van der Waals surface area contributed by atoms with E-state index in [4.69, 9.17) is 10.6 Å². The SMILES string of the molecule is Cc1ncnc(-c2ccc(C(=O)N3CCCCO3)c(F)c2)c1-c1ccc(N)nc1. The molecule has 2 aromatic heterocycles. The number of carbonyl (C=O) groups is 1. The molecule has 4 rings (SSSR count). The zero-order chi connectivity index (χ0) is 20.4. The van der Waals surface area contributed by atoms with Gasteiger partial charge in [0.1, 0.15) is 18.0 Å². The molecule has 0 bridgehead atoms. The Bertz CT molecular complexity index is 1050. The molecule has 0 atom stereocenters. The van der Waals surface area contributed by atoms with Gasteiger partial charge in [0.15, 0.2) is 0 Å². The minimum atomic E-state index is -0.626. The fraction of sp³-hybridized carbons (Fsp3) is 0.238. The monoisotopic (exact) mass is 393 g/mol. The van der Waals surface area contributed by atoms with Gasteiger partial charge in [-0.2, -0.15) is 0 Å². The molecule has 0 aliphatic carbocycles. The Kier molecular flexibility index (Phi) is 5.18. The van der Waals surface area contributed by atoms with Crippen LogP contribution in [0.5, 0.6) is 0 Å². The zero-order valence-electron chi connectivity index (χ0n) is 15.9. The highest BCUT2D eigenvalue weighted by Gasteiger charge is 2.23. The molecule has 7 nitrogen and oxygen atoms in total. The first-order valence-corrected chi connectivity index (χ1v) is 9.33. The number of hydroxylamine groups is 2. The molecule has 1 saturated heterocycles. The third kappa shape index (κ3) is 3.79. The van der Waals surface area contributed by atoms with Crippen LogP contribution in [0.1, 0.15) is 28.9 Å². The number of nitrogens with two attached hydrogens (primary N) is 1. The molecule has 1 amide bonds. The van der Waals surface area contributed by atoms with Crippen molar-refractivity contribution in [3.05, 3.63) is 59.9 Å². The highest BCUT2D eigenvalue weighted by Crippen LogP contribution is 2.33. The van der Waals surface area contributed by atoms with Gasteiger partial charge in [-0.1, -0.05) is 6.07 Å². The topological polar surface area (TPSA) is 94.2 Å². The van der Waals surface area contributed by atoms with Crippen LogP contribution in [-0.4, -0.2) is 39.1 Å². The third-order valence-corrected chi connectivity index (χ3v) is 4.81. The first-order valence-electron chi connectivity index (χ1n) is 9.33. The molecule has 8 heteroatoms. The van der Waals surface area contributed by atoms with Gasteiger partial charge in [-0.15, -0.1) is 0 Å². The number of nitrogen functional groups attached to an aromatic ring is 1. The van der Waals surface area contributed by atoms with E-state index in [1.807, 2.05) is 13.0 Å². The first kappa shape index (κ1) is 18.9. The molecule has 3 aromatic rings. The summed E-state index contributed by atoms with van der Waals surface area (Å²) in [4.78, 5) is 30.6. The summed E-state index contributed by atoms with van der Waals surface area (Å²) < 4.78 is 14.9. The number of aryl methyl sites for hydroxylation is 1. The molecule has 0 unspecified atom stereocenters. The van der Waals surface area contributed by atoms with Gasteiger partial charge in [-0.05, 0) is 44.0 Å². The number of pyridine rings is 1. The fourth-order valence-corrected chi connectivity index (χ4v) is 3.32. The number of hydrogen-bond donors (Lipinski definition) is 1. The van der Waals surface area contributed by atoms with Crippen molar-refractivity contribution in [1.29, 1.82) is 0 Å². The summed E-state index contributed by atoms with van der Waals surface area (Å²) in [6, 6.07) is 7.96. The molecule has 1 aliphatic heterocycles. The Morgan fingerprint density at radius 3 is 2.66 bits per heavy atom. The average molecular weight is 393 g/mol. The number of halogens is 1. The largest absolute Gasteiger partial charge is 0.384 e. The van der Waals surface area contributed by atoms with Gasteiger partial charge in [0.05, 0.1) is 17.9 Å². The number of nitrogens with zero attached hydrogens (tertiary/aromatic N) is 4. The molecule has 0 saturated carbocycles. The summed E-state index contributed by atoms with van der Waals surface area (Å²) in [7, 11) is 0. The molecule has 0 spiro atoms. The summed E-state index contributed by atoms with van der Waals surface area (Å²) in [5.41, 5.74) is 8.97. The van der Waals surface area contributed by atoms with Crippen molar-refractivity contribution in [3.8, 4) is 22.4 Å². The van der Waals surface area contributed by atoms with E-state index in [0.29, 0.717) is 30.2 Å². The zero-order valence-corrected chi connectivity index (χ0v) is 15.9. The minimum Gasteiger partial charge on any atom is -0.384 e. The quantitative estimate of drug-likeness (QED) is 0.733. The van der Waals surface area contributed by atoms with Crippen molar-refractivity contribution in [1.82, 2.24) is 20.0 Å². The van der Waals surface area contributed by atoms with Crippen LogP contribution >= 0.6 is 0 Å². The maximum Gasteiger partial charge on any atom is 0.280 e. The Hall–Kier alpha value is -3.39. The molecule has 29 heavy (non-hydrogen) atoms. The van der Waals surface area contributed by atoms with E-state index in [-0.39, 0.29) is 5.56 Å². The molecule has 3 heterocycles. The van der Waals surface area contributed by atoms with Crippen LogP contribution < -0.4 is 5.73 Å². The van der Waals surface area contributed by atoms with Crippen molar-refractivity contribution in [2.75, 3.05) is 18.9 Å². The fourth-order valence-electron chi connectivity index (χ4n) is 3.32. The van der Waals surface area contributed by atoms with Crippen LogP contribution in [0.15, 0.2) is 42.9 Å². The van der Waals surface area contributed by atoms with Crippen LogP contribution in [0.3, 0.4) is 0 Å². The minimum absolute atomic E-state index is 0.0304. The third-order valence-electron chi connectivity index (χ3n) is 4.81. The van der Waals surface area contributed by atoms with E-state index in [0.717, 1.165) is 29.7 Å². The maximum absolute atomic E-state index is 14.9. The lowest BCUT2D eigenvalue weighted by Gasteiger charge is -2.26. The van der Waals surface area contributed by atoms with Crippen molar-refractivity contribution in [2.45, 2.75) is 19.8 Å². The summed E-state index contributed by atoms with van der Waals surface area (Å²) in [5, 5.41) is 1.22. The van der Waals surface area contributed by atoms with Gasteiger partial charge in [0.25, 0.3) is 5.91 Å². The second kappa shape index (κ2) is 7.92. The summed E-state index contributed by atoms with van der Waals surface area (Å²) in [6.07, 6.45) is 4.79. The molecule has 148 valence electrons. The summed E-state index contributed by atoms with van der Waals surface area (Å²) >= 11 is 0. The van der Waals surface area contributed by atoms with Crippen LogP contribution in [0, 0.1) is 12.7 Å². The highest BCUT2D eigenvalue weighted by molar-refractivity contribution is 5.94. The van der Waals surface area contributed by atoms with E-state index in [2.05, 4.69) is 15.0 Å². The molecular weight excluding hydrogens is 373 g/mol. The second-order valence-electron chi connectivity index (χ2n) is 6.80. The predicted molar refractivity (Wildman–Crippen MR) is 106 cm³/mol. The van der Waals surface area contributed by atoms with Gasteiger partial charge in [-0.25, -0.2) is 24.4 Å². The molecule has 0 radical (unpaired) electrons. The molecule has 1 aromatic carbocycles. The van der Waals surface area contributed by atoms with Gasteiger partial charge < -0.3 is 5.73 Å². The van der Waals surface area contributed by atoms with Crippen LogP contribution in [0.25, 0.3) is 22.4 Å². The summed E-state index contributed by atoms with van der Waals surface area (Å²) in [5.74, 6) is -0.700. The maximum atomic E-state index is 14.9. The number of aromatic nitrogens is 3. The van der Waals surface area contributed by atoms with E-state index >= 15 is 0 Å². The molecule has 1 fully saturated rings. The van der Waals surface area contributed by atoms with Crippen LogP contribution in [0.4, 0.5) is 10.2 Å². The van der Waals surface area contributed by atoms with Crippen LogP contribution in [0.2, 0.25) is 0 Å². The number of amides is 1. The van der Waals surface area contributed by atoms with Gasteiger partial charge in [-0.3, -0.25) is 9.63 Å². The number of benzene rings is 1. The van der Waals surface area contributed by atoms with E-state index in [9.17, 15) is 9.18 Å². The summed E-state index contributed by atoms with van der Waals surface area (Å²) in [6.45, 7) is 2.77. The molecular formula is C21H20FN5O2. The normalized spacial score (nSPS) is 14.1. The first-order chi connectivity index (χ1) is 14.0. The molecule has 2 N–H and O–H groups in total.